The van der Waals surface area contributed by atoms with Gasteiger partial charge in [0.1, 0.15) is 12.3 Å². The van der Waals surface area contributed by atoms with E-state index in [0.29, 0.717) is 12.5 Å². The van der Waals surface area contributed by atoms with Crippen molar-refractivity contribution in [3.63, 3.8) is 0 Å². The predicted molar refractivity (Wildman–Crippen MR) is 86.8 cm³/mol. The number of amides is 2. The zero-order valence-corrected chi connectivity index (χ0v) is 15.1. The second-order valence-corrected chi connectivity index (χ2v) is 9.31. The third kappa shape index (κ3) is 2.54. The van der Waals surface area contributed by atoms with Crippen molar-refractivity contribution in [2.45, 2.75) is 65.2 Å². The molecule has 0 aromatic rings. The number of fused-ring (bicyclic) bond motifs is 1. The van der Waals surface area contributed by atoms with Crippen LogP contribution in [0, 0.1) is 22.7 Å². The summed E-state index contributed by atoms with van der Waals surface area (Å²) in [6.45, 7) is 10.3. The number of nitrogens with zero attached hydrogens (tertiary/aromatic N) is 1. The van der Waals surface area contributed by atoms with Crippen molar-refractivity contribution in [2.24, 2.45) is 22.7 Å². The highest BCUT2D eigenvalue weighted by atomic mass is 19.1. The van der Waals surface area contributed by atoms with E-state index in [2.05, 4.69) is 19.2 Å². The fourth-order valence-corrected chi connectivity index (χ4v) is 4.15. The van der Waals surface area contributed by atoms with Gasteiger partial charge in [0, 0.05) is 6.54 Å². The number of carbonyl (C=O) groups excluding carboxylic acids is 3. The van der Waals surface area contributed by atoms with E-state index in [-0.39, 0.29) is 30.1 Å². The second kappa shape index (κ2) is 5.02. The Bertz CT molecular complexity index is 592. The average molecular weight is 338 g/mol. The van der Waals surface area contributed by atoms with Crippen LogP contribution in [0.2, 0.25) is 0 Å². The van der Waals surface area contributed by atoms with Crippen LogP contribution in [0.1, 0.15) is 47.5 Å². The zero-order chi connectivity index (χ0) is 18.1. The van der Waals surface area contributed by atoms with Crippen LogP contribution < -0.4 is 5.32 Å². The Morgan fingerprint density at radius 3 is 2.33 bits per heavy atom. The van der Waals surface area contributed by atoms with Crippen molar-refractivity contribution >= 4 is 18.1 Å². The number of carbonyl (C=O) groups is 3. The van der Waals surface area contributed by atoms with E-state index in [0.717, 1.165) is 6.29 Å². The molecule has 1 aliphatic heterocycles. The highest BCUT2D eigenvalue weighted by molar-refractivity contribution is 5.94. The summed E-state index contributed by atoms with van der Waals surface area (Å²) in [4.78, 5) is 38.3. The van der Waals surface area contributed by atoms with Gasteiger partial charge < -0.3 is 15.0 Å². The molecule has 0 aromatic carbocycles. The maximum atomic E-state index is 14.0. The maximum absolute atomic E-state index is 14.0. The molecule has 0 aromatic heterocycles. The number of hydrogen-bond donors (Lipinski definition) is 1. The number of nitrogens with one attached hydrogen (secondary N) is 1. The summed E-state index contributed by atoms with van der Waals surface area (Å²) < 4.78 is 14.0. The van der Waals surface area contributed by atoms with Crippen LogP contribution in [0.15, 0.2) is 0 Å². The molecule has 1 heterocycles. The van der Waals surface area contributed by atoms with E-state index in [4.69, 9.17) is 0 Å². The minimum absolute atomic E-state index is 0.0832. The summed E-state index contributed by atoms with van der Waals surface area (Å²) in [5.41, 5.74) is -2.30. The Morgan fingerprint density at radius 1 is 1.29 bits per heavy atom. The molecule has 2 aliphatic carbocycles. The van der Waals surface area contributed by atoms with Gasteiger partial charge in [-0.05, 0) is 35.5 Å². The van der Waals surface area contributed by atoms with E-state index in [1.165, 1.54) is 0 Å². The van der Waals surface area contributed by atoms with E-state index in [1.54, 1.807) is 4.90 Å². The van der Waals surface area contributed by atoms with Gasteiger partial charge in [-0.2, -0.15) is 0 Å². The average Bonchev–Trinajstić information content (AvgIpc) is 3.26. The van der Waals surface area contributed by atoms with Gasteiger partial charge >= 0.3 is 0 Å². The van der Waals surface area contributed by atoms with Crippen molar-refractivity contribution in [3.05, 3.63) is 0 Å². The SMILES string of the molecule is CC(C)(C)[C@H](NC(=O)C1(F)CC1)C(=O)N1C[C@H]2[C@@H]([C@H]1C=O)C2(C)C. The van der Waals surface area contributed by atoms with Crippen molar-refractivity contribution in [1.82, 2.24) is 10.2 Å². The highest BCUT2D eigenvalue weighted by Gasteiger charge is 2.68. The predicted octanol–water partition coefficient (Wildman–Crippen LogP) is 1.70. The van der Waals surface area contributed by atoms with Gasteiger partial charge in [-0.1, -0.05) is 34.6 Å². The van der Waals surface area contributed by atoms with Crippen LogP contribution in [0.25, 0.3) is 0 Å². The van der Waals surface area contributed by atoms with Crippen LogP contribution >= 0.6 is 0 Å². The van der Waals surface area contributed by atoms with Crippen LogP contribution in [-0.2, 0) is 14.4 Å². The Kier molecular flexibility index (Phi) is 3.63. The highest BCUT2D eigenvalue weighted by Crippen LogP contribution is 2.64. The molecule has 0 unspecified atom stereocenters. The number of aldehydes is 1. The van der Waals surface area contributed by atoms with Crippen molar-refractivity contribution in [1.29, 1.82) is 0 Å². The standard InChI is InChI=1S/C18H27FN2O3/c1-16(2,3)13(20-15(24)18(19)6-7-18)14(23)21-8-10-12(11(21)9-22)17(10,4)5/h9-13H,6-8H2,1-5H3,(H,20,24)/t10-,11+,12-,13+/m0/s1. The molecule has 3 fully saturated rings. The van der Waals surface area contributed by atoms with Gasteiger partial charge in [-0.15, -0.1) is 0 Å². The summed E-state index contributed by atoms with van der Waals surface area (Å²) in [6, 6.07) is -1.28. The Morgan fingerprint density at radius 2 is 1.88 bits per heavy atom. The molecule has 2 saturated carbocycles. The summed E-state index contributed by atoms with van der Waals surface area (Å²) >= 11 is 0. The van der Waals surface area contributed by atoms with Gasteiger partial charge in [0.15, 0.2) is 5.67 Å². The number of alkyl halides is 1. The smallest absolute Gasteiger partial charge is 0.258 e. The van der Waals surface area contributed by atoms with Crippen LogP contribution in [-0.4, -0.2) is 47.3 Å². The molecule has 1 saturated heterocycles. The summed E-state index contributed by atoms with van der Waals surface area (Å²) in [5.74, 6) is -0.474. The van der Waals surface area contributed by atoms with Crippen LogP contribution in [0.4, 0.5) is 4.39 Å². The molecule has 3 aliphatic rings. The zero-order valence-electron chi connectivity index (χ0n) is 15.1. The van der Waals surface area contributed by atoms with E-state index >= 15 is 0 Å². The number of hydrogen-bond acceptors (Lipinski definition) is 3. The lowest BCUT2D eigenvalue weighted by atomic mass is 9.85. The topological polar surface area (TPSA) is 66.5 Å². The molecular weight excluding hydrogens is 311 g/mol. The quantitative estimate of drug-likeness (QED) is 0.794. The van der Waals surface area contributed by atoms with E-state index < -0.39 is 29.1 Å². The fourth-order valence-electron chi connectivity index (χ4n) is 4.15. The van der Waals surface area contributed by atoms with Crippen molar-refractivity contribution < 1.29 is 18.8 Å². The monoisotopic (exact) mass is 338 g/mol. The molecule has 5 nitrogen and oxygen atoms in total. The summed E-state index contributed by atoms with van der Waals surface area (Å²) in [5, 5.41) is 2.61. The molecule has 134 valence electrons. The van der Waals surface area contributed by atoms with E-state index in [9.17, 15) is 18.8 Å². The summed E-state index contributed by atoms with van der Waals surface area (Å²) in [6.07, 6.45) is 1.27. The second-order valence-electron chi connectivity index (χ2n) is 9.31. The fraction of sp³-hybridized carbons (Fsp3) is 0.833. The molecule has 4 atom stereocenters. The minimum atomic E-state index is -1.82. The first-order valence-electron chi connectivity index (χ1n) is 8.69. The van der Waals surface area contributed by atoms with Gasteiger partial charge in [0.05, 0.1) is 6.04 Å². The Hall–Kier alpha value is -1.46. The third-order valence-electron chi connectivity index (χ3n) is 6.17. The van der Waals surface area contributed by atoms with Crippen LogP contribution in [0.5, 0.6) is 0 Å². The van der Waals surface area contributed by atoms with Gasteiger partial charge in [-0.25, -0.2) is 4.39 Å². The van der Waals surface area contributed by atoms with Crippen molar-refractivity contribution in [3.8, 4) is 0 Å². The largest absolute Gasteiger partial charge is 0.341 e. The maximum Gasteiger partial charge on any atom is 0.258 e. The summed E-state index contributed by atoms with van der Waals surface area (Å²) in [7, 11) is 0. The molecule has 0 bridgehead atoms. The molecule has 2 amide bonds. The minimum Gasteiger partial charge on any atom is -0.341 e. The molecule has 3 rings (SSSR count). The Labute approximate surface area is 142 Å². The Balaban J connectivity index is 1.77. The first-order chi connectivity index (χ1) is 10.9. The molecule has 6 heteroatoms. The molecule has 0 radical (unpaired) electrons. The number of rotatable bonds is 4. The number of halogens is 1. The first kappa shape index (κ1) is 17.4. The molecular formula is C18H27FN2O3. The van der Waals surface area contributed by atoms with Gasteiger partial charge in [0.2, 0.25) is 5.91 Å². The molecule has 0 spiro atoms. The van der Waals surface area contributed by atoms with Gasteiger partial charge in [0.25, 0.3) is 5.91 Å². The lowest BCUT2D eigenvalue weighted by Crippen LogP contribution is -2.58. The van der Waals surface area contributed by atoms with Crippen LogP contribution in [0.3, 0.4) is 0 Å². The number of piperidine rings is 1. The normalized spacial score (nSPS) is 33.4. The van der Waals surface area contributed by atoms with Crippen molar-refractivity contribution in [2.75, 3.05) is 6.54 Å². The van der Waals surface area contributed by atoms with E-state index in [1.807, 2.05) is 20.8 Å². The molecule has 1 N–H and O–H groups in total. The lowest BCUT2D eigenvalue weighted by Gasteiger charge is -2.36. The molecule has 24 heavy (non-hydrogen) atoms. The third-order valence-corrected chi connectivity index (χ3v) is 6.17. The van der Waals surface area contributed by atoms with Gasteiger partial charge in [-0.3, -0.25) is 9.59 Å². The number of likely N-dealkylation sites (tertiary alicyclic amines) is 1. The first-order valence-corrected chi connectivity index (χ1v) is 8.69. The lowest BCUT2D eigenvalue weighted by molar-refractivity contribution is -0.144.